The number of aliphatic hydroxyl groups is 1. The van der Waals surface area contributed by atoms with Crippen molar-refractivity contribution in [3.05, 3.63) is 109 Å². The van der Waals surface area contributed by atoms with Crippen molar-refractivity contribution in [2.75, 3.05) is 40.9 Å². The van der Waals surface area contributed by atoms with E-state index in [0.29, 0.717) is 17.4 Å². The smallest absolute Gasteiger partial charge is 0.387 e. The topological polar surface area (TPSA) is 105 Å². The second kappa shape index (κ2) is 56.9. The molecule has 3 N–H and O–H groups in total. The Morgan fingerprint density at radius 3 is 1.16 bits per heavy atom. The first-order chi connectivity index (χ1) is 37.0. The van der Waals surface area contributed by atoms with Crippen molar-refractivity contribution in [2.45, 2.75) is 270 Å². The van der Waals surface area contributed by atoms with Gasteiger partial charge in [-0.3, -0.25) is 13.8 Å². The molecule has 0 spiro atoms. The summed E-state index contributed by atoms with van der Waals surface area (Å²) in [5.41, 5.74) is 0. The van der Waals surface area contributed by atoms with Crippen LogP contribution >= 0.6 is 7.82 Å². The molecule has 0 aliphatic carbocycles. The summed E-state index contributed by atoms with van der Waals surface area (Å²) >= 11 is 0. The zero-order valence-corrected chi connectivity index (χ0v) is 50.9. The van der Waals surface area contributed by atoms with Crippen LogP contribution in [-0.2, 0) is 18.4 Å². The maximum Gasteiger partial charge on any atom is 0.472 e. The Hall–Kier alpha value is -2.84. The first-order valence-corrected chi connectivity index (χ1v) is 32.8. The van der Waals surface area contributed by atoms with Gasteiger partial charge in [0.2, 0.25) is 5.91 Å². The molecular weight excluding hydrogens is 960 g/mol. The van der Waals surface area contributed by atoms with Crippen molar-refractivity contribution >= 4 is 13.7 Å². The lowest BCUT2D eigenvalue weighted by Crippen LogP contribution is -2.45. The number of carbonyl (C=O) groups is 1. The molecule has 3 unspecified atom stereocenters. The zero-order valence-electron chi connectivity index (χ0n) is 50.0. The fraction of sp³-hybridized carbons (Fsp3) is 0.716. The van der Waals surface area contributed by atoms with E-state index in [4.69, 9.17) is 9.05 Å². The highest BCUT2D eigenvalue weighted by atomic mass is 31.2. The van der Waals surface area contributed by atoms with Gasteiger partial charge in [-0.25, -0.2) is 4.57 Å². The third-order valence-electron chi connectivity index (χ3n) is 13.5. The predicted octanol–water partition coefficient (Wildman–Crippen LogP) is 19.5. The van der Waals surface area contributed by atoms with Gasteiger partial charge in [-0.1, -0.05) is 277 Å². The molecule has 0 aromatic heterocycles. The van der Waals surface area contributed by atoms with Crippen LogP contribution in [0, 0.1) is 0 Å². The van der Waals surface area contributed by atoms with Crippen molar-refractivity contribution in [1.82, 2.24) is 5.32 Å². The number of hydrogen-bond acceptors (Lipinski definition) is 5. The highest BCUT2D eigenvalue weighted by molar-refractivity contribution is 7.47. The average molecular weight is 1080 g/mol. The lowest BCUT2D eigenvalue weighted by Gasteiger charge is -2.25. The van der Waals surface area contributed by atoms with Gasteiger partial charge in [0.15, 0.2) is 0 Å². The van der Waals surface area contributed by atoms with E-state index in [2.05, 4.69) is 116 Å². The van der Waals surface area contributed by atoms with Crippen LogP contribution in [0.2, 0.25) is 0 Å². The van der Waals surface area contributed by atoms with Crippen molar-refractivity contribution in [3.8, 4) is 0 Å². The van der Waals surface area contributed by atoms with Crippen LogP contribution < -0.4 is 5.32 Å². The number of aliphatic hydroxyl groups excluding tert-OH is 1. The normalized spacial score (nSPS) is 14.6. The predicted molar refractivity (Wildman–Crippen MR) is 332 cm³/mol. The summed E-state index contributed by atoms with van der Waals surface area (Å²) < 4.78 is 23.7. The van der Waals surface area contributed by atoms with Crippen molar-refractivity contribution in [3.63, 3.8) is 0 Å². The van der Waals surface area contributed by atoms with Crippen molar-refractivity contribution in [1.29, 1.82) is 0 Å². The van der Waals surface area contributed by atoms with Gasteiger partial charge < -0.3 is 19.8 Å². The molecule has 9 heteroatoms. The molecule has 0 saturated carbocycles. The molecule has 76 heavy (non-hydrogen) atoms. The van der Waals surface area contributed by atoms with Gasteiger partial charge in [-0.2, -0.15) is 0 Å². The Labute approximate surface area is 470 Å². The van der Waals surface area contributed by atoms with E-state index in [0.717, 1.165) is 96.3 Å². The second-order valence-corrected chi connectivity index (χ2v) is 23.5. The summed E-state index contributed by atoms with van der Waals surface area (Å²) in [6.45, 7) is 4.71. The van der Waals surface area contributed by atoms with E-state index < -0.39 is 20.0 Å². The van der Waals surface area contributed by atoms with E-state index >= 15 is 0 Å². The van der Waals surface area contributed by atoms with E-state index in [1.165, 1.54) is 141 Å². The minimum absolute atomic E-state index is 0.0563. The number of quaternary nitrogens is 1. The molecule has 0 aromatic carbocycles. The minimum Gasteiger partial charge on any atom is -0.387 e. The Bertz CT molecular complexity index is 1600. The maximum atomic E-state index is 13.0. The van der Waals surface area contributed by atoms with Gasteiger partial charge in [0.1, 0.15) is 13.2 Å². The number of unbranched alkanes of at least 4 members (excludes halogenated alkanes) is 27. The first-order valence-electron chi connectivity index (χ1n) is 31.3. The van der Waals surface area contributed by atoms with Gasteiger partial charge >= 0.3 is 7.82 Å². The van der Waals surface area contributed by atoms with Gasteiger partial charge in [0.05, 0.1) is 39.9 Å². The van der Waals surface area contributed by atoms with Crippen LogP contribution in [0.15, 0.2) is 109 Å². The fourth-order valence-electron chi connectivity index (χ4n) is 8.65. The summed E-state index contributed by atoms with van der Waals surface area (Å²) in [5, 5.41) is 14.0. The van der Waals surface area contributed by atoms with Gasteiger partial charge in [-0.15, -0.1) is 0 Å². The van der Waals surface area contributed by atoms with Crippen LogP contribution in [0.1, 0.15) is 258 Å². The molecule has 438 valence electrons. The van der Waals surface area contributed by atoms with Gasteiger partial charge in [0, 0.05) is 6.42 Å². The zero-order chi connectivity index (χ0) is 55.6. The number of likely N-dealkylation sites (N-methyl/N-ethyl adjacent to an activating group) is 1. The van der Waals surface area contributed by atoms with E-state index in [-0.39, 0.29) is 19.1 Å². The molecule has 0 fully saturated rings. The van der Waals surface area contributed by atoms with Crippen LogP contribution in [0.3, 0.4) is 0 Å². The highest BCUT2D eigenvalue weighted by Gasteiger charge is 2.27. The fourth-order valence-corrected chi connectivity index (χ4v) is 9.38. The molecule has 1 amide bonds. The Kier molecular flexibility index (Phi) is 54.7. The number of carbonyl (C=O) groups excluding carboxylic acids is 1. The number of allylic oxidation sites excluding steroid dienone is 17. The van der Waals surface area contributed by atoms with Crippen LogP contribution in [0.4, 0.5) is 0 Å². The van der Waals surface area contributed by atoms with Gasteiger partial charge in [0.25, 0.3) is 0 Å². The lowest BCUT2D eigenvalue weighted by atomic mass is 10.0. The van der Waals surface area contributed by atoms with E-state index in [9.17, 15) is 19.4 Å². The minimum atomic E-state index is -4.36. The van der Waals surface area contributed by atoms with Crippen molar-refractivity contribution in [2.24, 2.45) is 0 Å². The summed E-state index contributed by atoms with van der Waals surface area (Å²) in [5.74, 6) is -0.184. The number of phosphoric acid groups is 1. The SMILES string of the molecule is CC/C=C\C/C=C\C/C=C\C/C=C\C/C=C\C/C=C\C/C=C\C/C=C\CCCCCCCCCCCCC(=O)NC(COP(=O)(O)OCC[N+](C)(C)C)C(O)/C=C/CCCCCCCCCCCCCCCCCCC. The molecule has 3 atom stereocenters. The van der Waals surface area contributed by atoms with Crippen LogP contribution in [-0.4, -0.2) is 73.4 Å². The molecule has 0 rings (SSSR count). The molecule has 0 heterocycles. The highest BCUT2D eigenvalue weighted by Crippen LogP contribution is 2.43. The number of amides is 1. The first kappa shape index (κ1) is 73.2. The maximum absolute atomic E-state index is 13.0. The van der Waals surface area contributed by atoms with E-state index in [1.54, 1.807) is 6.08 Å². The van der Waals surface area contributed by atoms with Crippen LogP contribution in [0.25, 0.3) is 0 Å². The summed E-state index contributed by atoms with van der Waals surface area (Å²) in [4.78, 5) is 23.3. The molecule has 0 aliphatic heterocycles. The number of phosphoric ester groups is 1. The number of nitrogens with zero attached hydrogens (tertiary/aromatic N) is 1. The molecular formula is C67H120N2O6P+. The largest absolute Gasteiger partial charge is 0.472 e. The summed E-state index contributed by atoms with van der Waals surface area (Å²) in [6, 6.07) is -0.856. The molecule has 0 bridgehead atoms. The molecule has 8 nitrogen and oxygen atoms in total. The number of hydrogen-bond donors (Lipinski definition) is 3. The quantitative estimate of drug-likeness (QED) is 0.0243. The molecule has 0 radical (unpaired) electrons. The number of rotatable bonds is 56. The van der Waals surface area contributed by atoms with Crippen molar-refractivity contribution < 1.29 is 32.9 Å². The Balaban J connectivity index is 4.16. The van der Waals surface area contributed by atoms with Crippen LogP contribution in [0.5, 0.6) is 0 Å². The second-order valence-electron chi connectivity index (χ2n) is 22.1. The molecule has 0 saturated heterocycles. The third-order valence-corrected chi connectivity index (χ3v) is 14.5. The third kappa shape index (κ3) is 58.8. The number of nitrogens with one attached hydrogen (secondary N) is 1. The Morgan fingerprint density at radius 1 is 0.461 bits per heavy atom. The Morgan fingerprint density at radius 2 is 0.789 bits per heavy atom. The summed E-state index contributed by atoms with van der Waals surface area (Å²) in [7, 11) is 1.56. The molecule has 0 aliphatic rings. The molecule has 0 aromatic rings. The summed E-state index contributed by atoms with van der Waals surface area (Å²) in [6.07, 6.45) is 83.4. The van der Waals surface area contributed by atoms with E-state index in [1.807, 2.05) is 27.2 Å². The lowest BCUT2D eigenvalue weighted by molar-refractivity contribution is -0.870. The van der Waals surface area contributed by atoms with Gasteiger partial charge in [-0.05, 0) is 83.5 Å². The average Bonchev–Trinajstić information content (AvgIpc) is 3.38. The monoisotopic (exact) mass is 1080 g/mol. The standard InChI is InChI=1S/C67H119N2O6P/c1-6-8-10-12-14-16-18-20-22-24-26-27-28-29-30-31-32-33-34-35-36-37-38-39-40-41-43-45-47-49-51-53-55-57-59-61-67(71)68-65(64-75-76(72,73)74-63-62-69(3,4)5)66(70)60-58-56-54-52-50-48-46-44-42-25-23-21-19-17-15-13-11-9-7-2/h8,10,14,16,20,22,26-27,29-30,32-33,35-36,38-39,58,60,65-66,70H,6-7,9,11-13,15,17-19,21,23-25,28,31,34,37,40-57,59,61-64H2,1-5H3,(H-,68,71,72,73)/p+1/b10-8-,16-14-,22-20-,27-26-,30-29-,33-32-,36-35-,39-38-,60-58+.